The van der Waals surface area contributed by atoms with Gasteiger partial charge in [-0.1, -0.05) is 17.7 Å². The van der Waals surface area contributed by atoms with E-state index < -0.39 is 5.41 Å². The van der Waals surface area contributed by atoms with Gasteiger partial charge in [-0.3, -0.25) is 4.79 Å². The van der Waals surface area contributed by atoms with Gasteiger partial charge in [-0.25, -0.2) is 0 Å². The summed E-state index contributed by atoms with van der Waals surface area (Å²) in [7, 11) is 0. The molecular weight excluding hydrogens is 340 g/mol. The predicted molar refractivity (Wildman–Crippen MR) is 97.5 cm³/mol. The van der Waals surface area contributed by atoms with Crippen molar-refractivity contribution >= 4 is 34.1 Å². The fraction of sp³-hybridized carbons (Fsp3) is 0.211. The number of benzene rings is 2. The molecule has 1 aliphatic rings. The van der Waals surface area contributed by atoms with Crippen LogP contribution in [0, 0.1) is 0 Å². The molecule has 0 saturated carbocycles. The Bertz CT molecular complexity index is 978. The number of carbonyl (C=O) groups excluding carboxylic acids is 1. The minimum atomic E-state index is -0.734. The van der Waals surface area contributed by atoms with Crippen molar-refractivity contribution in [3.05, 3.63) is 53.2 Å². The second kappa shape index (κ2) is 5.70. The Morgan fingerprint density at radius 3 is 2.80 bits per heavy atom. The van der Waals surface area contributed by atoms with Crippen LogP contribution < -0.4 is 14.8 Å². The SMILES string of the molecule is CC(C)(C(=O)Nc1ccc2c(c1)OCO2)c1c[nH]c2cc(Cl)ccc12. The predicted octanol–water partition coefficient (Wildman–Crippen LogP) is 4.47. The van der Waals surface area contributed by atoms with Crippen molar-refractivity contribution in [2.24, 2.45) is 0 Å². The zero-order chi connectivity index (χ0) is 17.6. The number of H-pyrrole nitrogens is 1. The van der Waals surface area contributed by atoms with Crippen molar-refractivity contribution in [3.63, 3.8) is 0 Å². The number of hydrogen-bond donors (Lipinski definition) is 2. The summed E-state index contributed by atoms with van der Waals surface area (Å²) in [5, 5.41) is 4.60. The summed E-state index contributed by atoms with van der Waals surface area (Å²) >= 11 is 6.04. The molecular formula is C19H17ClN2O3. The number of nitrogens with one attached hydrogen (secondary N) is 2. The smallest absolute Gasteiger partial charge is 0.234 e. The molecule has 0 aliphatic carbocycles. The Labute approximate surface area is 149 Å². The number of hydrogen-bond acceptors (Lipinski definition) is 3. The Kier molecular flexibility index (Phi) is 3.62. The zero-order valence-electron chi connectivity index (χ0n) is 13.9. The second-order valence-corrected chi connectivity index (χ2v) is 6.98. The lowest BCUT2D eigenvalue weighted by atomic mass is 9.83. The highest BCUT2D eigenvalue weighted by molar-refractivity contribution is 6.31. The summed E-state index contributed by atoms with van der Waals surface area (Å²) in [5.74, 6) is 1.21. The summed E-state index contributed by atoms with van der Waals surface area (Å²) < 4.78 is 10.6. The normalized spacial score (nSPS) is 13.2. The Hall–Kier alpha value is -2.66. The monoisotopic (exact) mass is 356 g/mol. The van der Waals surface area contributed by atoms with Crippen molar-refractivity contribution in [2.75, 3.05) is 12.1 Å². The molecule has 0 saturated heterocycles. The van der Waals surface area contributed by atoms with Crippen LogP contribution in [0.3, 0.4) is 0 Å². The number of aromatic nitrogens is 1. The molecule has 6 heteroatoms. The quantitative estimate of drug-likeness (QED) is 0.728. The molecule has 1 amide bonds. The molecule has 0 spiro atoms. The summed E-state index contributed by atoms with van der Waals surface area (Å²) in [6.45, 7) is 4.00. The number of aromatic amines is 1. The van der Waals surface area contributed by atoms with E-state index in [2.05, 4.69) is 10.3 Å². The number of halogens is 1. The van der Waals surface area contributed by atoms with Gasteiger partial charge in [0.15, 0.2) is 11.5 Å². The van der Waals surface area contributed by atoms with Crippen LogP contribution in [0.2, 0.25) is 5.02 Å². The van der Waals surface area contributed by atoms with Crippen LogP contribution in [0.15, 0.2) is 42.6 Å². The first-order valence-corrected chi connectivity index (χ1v) is 8.31. The molecule has 0 fully saturated rings. The highest BCUT2D eigenvalue weighted by atomic mass is 35.5. The molecule has 2 aromatic carbocycles. The molecule has 2 heterocycles. The first kappa shape index (κ1) is 15.8. The Morgan fingerprint density at radius 2 is 1.96 bits per heavy atom. The van der Waals surface area contributed by atoms with Gasteiger partial charge in [0.1, 0.15) is 0 Å². The Balaban J connectivity index is 1.63. The van der Waals surface area contributed by atoms with Gasteiger partial charge in [0.2, 0.25) is 12.7 Å². The average molecular weight is 357 g/mol. The standard InChI is InChI=1S/C19H17ClN2O3/c1-19(2,14-9-21-15-7-11(20)3-5-13(14)15)18(23)22-12-4-6-16-17(8-12)25-10-24-16/h3-9,21H,10H2,1-2H3,(H,22,23). The maximum atomic E-state index is 12.9. The molecule has 0 radical (unpaired) electrons. The van der Waals surface area contributed by atoms with Crippen molar-refractivity contribution < 1.29 is 14.3 Å². The van der Waals surface area contributed by atoms with E-state index >= 15 is 0 Å². The van der Waals surface area contributed by atoms with Crippen LogP contribution in [0.1, 0.15) is 19.4 Å². The van der Waals surface area contributed by atoms with Crippen LogP contribution in [-0.2, 0) is 10.2 Å². The fourth-order valence-corrected chi connectivity index (χ4v) is 3.17. The zero-order valence-corrected chi connectivity index (χ0v) is 14.6. The minimum absolute atomic E-state index is 0.109. The summed E-state index contributed by atoms with van der Waals surface area (Å²) in [6.07, 6.45) is 1.86. The van der Waals surface area contributed by atoms with Crippen molar-refractivity contribution in [3.8, 4) is 11.5 Å². The number of rotatable bonds is 3. The van der Waals surface area contributed by atoms with Crippen LogP contribution in [0.4, 0.5) is 5.69 Å². The first-order chi connectivity index (χ1) is 11.9. The van der Waals surface area contributed by atoms with Gasteiger partial charge in [-0.2, -0.15) is 0 Å². The van der Waals surface area contributed by atoms with E-state index in [9.17, 15) is 4.79 Å². The number of anilines is 1. The molecule has 5 nitrogen and oxygen atoms in total. The highest BCUT2D eigenvalue weighted by Gasteiger charge is 2.32. The minimum Gasteiger partial charge on any atom is -0.454 e. The molecule has 128 valence electrons. The molecule has 2 N–H and O–H groups in total. The van der Waals surface area contributed by atoms with E-state index in [0.717, 1.165) is 16.5 Å². The number of amides is 1. The molecule has 0 atom stereocenters. The average Bonchev–Trinajstić information content (AvgIpc) is 3.20. The van der Waals surface area contributed by atoms with Crippen LogP contribution in [0.25, 0.3) is 10.9 Å². The summed E-state index contributed by atoms with van der Waals surface area (Å²) in [6, 6.07) is 11.0. The van der Waals surface area contributed by atoms with Gasteiger partial charge in [-0.15, -0.1) is 0 Å². The van der Waals surface area contributed by atoms with Gasteiger partial charge in [0.25, 0.3) is 0 Å². The third-order valence-corrected chi connectivity index (χ3v) is 4.75. The summed E-state index contributed by atoms with van der Waals surface area (Å²) in [4.78, 5) is 16.1. The molecule has 3 aromatic rings. The van der Waals surface area contributed by atoms with E-state index in [0.29, 0.717) is 22.2 Å². The lowest BCUT2D eigenvalue weighted by molar-refractivity contribution is -0.120. The Morgan fingerprint density at radius 1 is 1.16 bits per heavy atom. The molecule has 4 rings (SSSR count). The lowest BCUT2D eigenvalue weighted by Crippen LogP contribution is -2.34. The van der Waals surface area contributed by atoms with Gasteiger partial charge < -0.3 is 19.8 Å². The van der Waals surface area contributed by atoms with Crippen LogP contribution in [0.5, 0.6) is 11.5 Å². The first-order valence-electron chi connectivity index (χ1n) is 7.93. The summed E-state index contributed by atoms with van der Waals surface area (Å²) in [5.41, 5.74) is 1.76. The third kappa shape index (κ3) is 2.70. The maximum absolute atomic E-state index is 12.9. The van der Waals surface area contributed by atoms with Crippen molar-refractivity contribution in [1.29, 1.82) is 0 Å². The van der Waals surface area contributed by atoms with E-state index in [1.165, 1.54) is 0 Å². The van der Waals surface area contributed by atoms with Crippen LogP contribution >= 0.6 is 11.6 Å². The van der Waals surface area contributed by atoms with E-state index in [1.807, 2.05) is 38.2 Å². The highest BCUT2D eigenvalue weighted by Crippen LogP contribution is 2.36. The number of carbonyl (C=O) groups is 1. The lowest BCUT2D eigenvalue weighted by Gasteiger charge is -2.23. The molecule has 1 aromatic heterocycles. The molecule has 0 bridgehead atoms. The topological polar surface area (TPSA) is 63.4 Å². The molecule has 25 heavy (non-hydrogen) atoms. The third-order valence-electron chi connectivity index (χ3n) is 4.52. The van der Waals surface area contributed by atoms with E-state index in [4.69, 9.17) is 21.1 Å². The van der Waals surface area contributed by atoms with Gasteiger partial charge in [-0.05, 0) is 43.7 Å². The van der Waals surface area contributed by atoms with Gasteiger partial charge in [0.05, 0.1) is 5.41 Å². The fourth-order valence-electron chi connectivity index (χ4n) is 3.00. The van der Waals surface area contributed by atoms with Gasteiger partial charge in [0, 0.05) is 33.9 Å². The van der Waals surface area contributed by atoms with Crippen LogP contribution in [-0.4, -0.2) is 17.7 Å². The van der Waals surface area contributed by atoms with Gasteiger partial charge >= 0.3 is 0 Å². The van der Waals surface area contributed by atoms with Crippen molar-refractivity contribution in [2.45, 2.75) is 19.3 Å². The van der Waals surface area contributed by atoms with E-state index in [1.54, 1.807) is 18.2 Å². The number of fused-ring (bicyclic) bond motifs is 2. The molecule has 0 unspecified atom stereocenters. The van der Waals surface area contributed by atoms with Crippen molar-refractivity contribution in [1.82, 2.24) is 4.98 Å². The maximum Gasteiger partial charge on any atom is 0.234 e. The van der Waals surface area contributed by atoms with E-state index in [-0.39, 0.29) is 12.7 Å². The number of ether oxygens (including phenoxy) is 2. The largest absolute Gasteiger partial charge is 0.454 e. The second-order valence-electron chi connectivity index (χ2n) is 6.54. The molecule has 1 aliphatic heterocycles.